The third-order valence-corrected chi connectivity index (χ3v) is 5.27. The molecule has 0 unspecified atom stereocenters. The van der Waals surface area contributed by atoms with E-state index >= 15 is 0 Å². The Morgan fingerprint density at radius 3 is 2.54 bits per heavy atom. The zero-order chi connectivity index (χ0) is 17.3. The molecule has 6 nitrogen and oxygen atoms in total. The number of guanidine groups is 1. The van der Waals surface area contributed by atoms with Gasteiger partial charge in [-0.3, -0.25) is 4.99 Å². The van der Waals surface area contributed by atoms with Crippen LogP contribution < -0.4 is 10.6 Å². The maximum atomic E-state index is 13.5. The summed E-state index contributed by atoms with van der Waals surface area (Å²) in [5.74, 6) is 0.388. The van der Waals surface area contributed by atoms with Crippen LogP contribution in [0, 0.1) is 5.82 Å². The predicted octanol–water partition coefficient (Wildman–Crippen LogP) is 1.78. The van der Waals surface area contributed by atoms with Crippen molar-refractivity contribution in [2.45, 2.75) is 19.9 Å². The minimum Gasteiger partial charge on any atom is -0.356 e. The van der Waals surface area contributed by atoms with Gasteiger partial charge in [0.2, 0.25) is 10.0 Å². The van der Waals surface area contributed by atoms with Crippen LogP contribution in [0.4, 0.5) is 4.39 Å². The number of sulfonamides is 1. The van der Waals surface area contributed by atoms with E-state index in [-0.39, 0.29) is 35.5 Å². The van der Waals surface area contributed by atoms with Crippen molar-refractivity contribution < 1.29 is 12.8 Å². The molecule has 0 aliphatic rings. The van der Waals surface area contributed by atoms with Crippen LogP contribution in [0.3, 0.4) is 0 Å². The second-order valence-electron chi connectivity index (χ2n) is 5.02. The summed E-state index contributed by atoms with van der Waals surface area (Å²) in [6.07, 6.45) is 0.649. The third kappa shape index (κ3) is 7.75. The van der Waals surface area contributed by atoms with Gasteiger partial charge >= 0.3 is 0 Å². The molecule has 0 heterocycles. The van der Waals surface area contributed by atoms with E-state index in [0.717, 1.165) is 0 Å². The van der Waals surface area contributed by atoms with Gasteiger partial charge in [0.25, 0.3) is 0 Å². The molecule has 0 spiro atoms. The molecular weight excluding hydrogens is 446 g/mol. The summed E-state index contributed by atoms with van der Waals surface area (Å²) in [4.78, 5) is 4.05. The van der Waals surface area contributed by atoms with E-state index in [1.54, 1.807) is 39.2 Å². The predicted molar refractivity (Wildman–Crippen MR) is 107 cm³/mol. The van der Waals surface area contributed by atoms with Crippen molar-refractivity contribution in [3.8, 4) is 0 Å². The van der Waals surface area contributed by atoms with Gasteiger partial charge in [0.05, 0.1) is 5.75 Å². The van der Waals surface area contributed by atoms with E-state index in [2.05, 4.69) is 15.6 Å². The number of nitrogens with zero attached hydrogens (tertiary/aromatic N) is 2. The lowest BCUT2D eigenvalue weighted by Gasteiger charge is -2.17. The van der Waals surface area contributed by atoms with E-state index in [1.807, 2.05) is 0 Å². The maximum Gasteiger partial charge on any atom is 0.213 e. The average Bonchev–Trinajstić information content (AvgIpc) is 2.55. The van der Waals surface area contributed by atoms with E-state index in [4.69, 9.17) is 0 Å². The second kappa shape index (κ2) is 11.6. The molecule has 138 valence electrons. The minimum absolute atomic E-state index is 0. The Bertz CT molecular complexity index is 626. The highest BCUT2D eigenvalue weighted by Crippen LogP contribution is 2.05. The molecule has 2 N–H and O–H groups in total. The molecule has 0 aromatic heterocycles. The van der Waals surface area contributed by atoms with Crippen molar-refractivity contribution in [3.05, 3.63) is 35.6 Å². The van der Waals surface area contributed by atoms with Gasteiger partial charge in [-0.15, -0.1) is 24.0 Å². The highest BCUT2D eigenvalue weighted by atomic mass is 127. The number of hydrogen-bond acceptors (Lipinski definition) is 3. The molecule has 24 heavy (non-hydrogen) atoms. The van der Waals surface area contributed by atoms with Crippen molar-refractivity contribution in [1.82, 2.24) is 14.9 Å². The van der Waals surface area contributed by atoms with Gasteiger partial charge in [0, 0.05) is 39.3 Å². The van der Waals surface area contributed by atoms with Gasteiger partial charge in [-0.25, -0.2) is 17.1 Å². The van der Waals surface area contributed by atoms with E-state index in [9.17, 15) is 12.8 Å². The highest BCUT2D eigenvalue weighted by Gasteiger charge is 2.13. The van der Waals surface area contributed by atoms with E-state index in [1.165, 1.54) is 10.4 Å². The molecule has 0 saturated heterocycles. The van der Waals surface area contributed by atoms with Gasteiger partial charge in [-0.2, -0.15) is 0 Å². The molecule has 0 amide bonds. The van der Waals surface area contributed by atoms with Crippen LogP contribution in [0.1, 0.15) is 18.9 Å². The van der Waals surface area contributed by atoms with Crippen LogP contribution in [0.5, 0.6) is 0 Å². The first-order chi connectivity index (χ1) is 10.9. The van der Waals surface area contributed by atoms with E-state index in [0.29, 0.717) is 37.6 Å². The van der Waals surface area contributed by atoms with Crippen LogP contribution in [0.15, 0.2) is 29.3 Å². The molecule has 1 aromatic carbocycles. The van der Waals surface area contributed by atoms with Gasteiger partial charge < -0.3 is 10.6 Å². The standard InChI is InChI=1S/C15H25FN4O2S.HI/c1-4-23(21,22)20(3)11-7-10-18-15(17-2)19-12-13-8-5-6-9-14(13)16;/h5-6,8-9H,4,7,10-12H2,1-3H3,(H2,17,18,19);1H. The second-order valence-corrected chi connectivity index (χ2v) is 7.38. The monoisotopic (exact) mass is 472 g/mol. The lowest BCUT2D eigenvalue weighted by Crippen LogP contribution is -2.38. The molecule has 0 radical (unpaired) electrons. The third-order valence-electron chi connectivity index (χ3n) is 3.41. The van der Waals surface area contributed by atoms with Gasteiger partial charge in [0.15, 0.2) is 5.96 Å². The first-order valence-corrected chi connectivity index (χ1v) is 9.13. The summed E-state index contributed by atoms with van der Waals surface area (Å²) < 4.78 is 38.1. The smallest absolute Gasteiger partial charge is 0.213 e. The first kappa shape index (κ1) is 23.1. The van der Waals surface area contributed by atoms with Crippen molar-refractivity contribution in [2.75, 3.05) is 32.9 Å². The molecule has 1 rings (SSSR count). The van der Waals surface area contributed by atoms with Crippen LogP contribution in [-0.2, 0) is 16.6 Å². The van der Waals surface area contributed by atoms with Gasteiger partial charge in [-0.1, -0.05) is 18.2 Å². The molecule has 0 aliphatic heterocycles. The van der Waals surface area contributed by atoms with Crippen LogP contribution >= 0.6 is 24.0 Å². The Hall–Kier alpha value is -0.940. The Balaban J connectivity index is 0.00000529. The quantitative estimate of drug-likeness (QED) is 0.262. The number of nitrogens with one attached hydrogen (secondary N) is 2. The minimum atomic E-state index is -3.14. The summed E-state index contributed by atoms with van der Waals surface area (Å²) in [7, 11) is 0.0653. The summed E-state index contributed by atoms with van der Waals surface area (Å²) in [6.45, 7) is 2.96. The Kier molecular flexibility index (Phi) is 11.1. The molecule has 0 saturated carbocycles. The lowest BCUT2D eigenvalue weighted by molar-refractivity contribution is 0.461. The number of aliphatic imine (C=N–C) groups is 1. The zero-order valence-electron chi connectivity index (χ0n) is 14.3. The summed E-state index contributed by atoms with van der Waals surface area (Å²) in [5.41, 5.74) is 0.559. The Morgan fingerprint density at radius 1 is 1.29 bits per heavy atom. The van der Waals surface area contributed by atoms with E-state index < -0.39 is 10.0 Å². The van der Waals surface area contributed by atoms with Crippen molar-refractivity contribution in [1.29, 1.82) is 0 Å². The average molecular weight is 472 g/mol. The zero-order valence-corrected chi connectivity index (χ0v) is 17.4. The summed E-state index contributed by atoms with van der Waals surface area (Å²) in [6, 6.07) is 6.55. The van der Waals surface area contributed by atoms with Crippen LogP contribution in [-0.4, -0.2) is 51.6 Å². The van der Waals surface area contributed by atoms with Gasteiger partial charge in [-0.05, 0) is 19.4 Å². The maximum absolute atomic E-state index is 13.5. The lowest BCUT2D eigenvalue weighted by atomic mass is 10.2. The van der Waals surface area contributed by atoms with Gasteiger partial charge in [0.1, 0.15) is 5.82 Å². The number of benzene rings is 1. The molecule has 9 heteroatoms. The SMILES string of the molecule is CCS(=O)(=O)N(C)CCCNC(=NC)NCc1ccccc1F.I. The van der Waals surface area contributed by atoms with Crippen molar-refractivity contribution >= 4 is 40.0 Å². The Labute approximate surface area is 161 Å². The van der Waals surface area contributed by atoms with Crippen LogP contribution in [0.2, 0.25) is 0 Å². The van der Waals surface area contributed by atoms with Crippen molar-refractivity contribution in [2.24, 2.45) is 4.99 Å². The molecule has 0 fully saturated rings. The number of halogens is 2. The largest absolute Gasteiger partial charge is 0.356 e. The Morgan fingerprint density at radius 2 is 1.96 bits per heavy atom. The molecule has 0 bridgehead atoms. The fraction of sp³-hybridized carbons (Fsp3) is 0.533. The molecule has 0 atom stereocenters. The fourth-order valence-electron chi connectivity index (χ4n) is 1.91. The summed E-state index contributed by atoms with van der Waals surface area (Å²) >= 11 is 0. The molecule has 0 aliphatic carbocycles. The topological polar surface area (TPSA) is 73.8 Å². The normalized spacial score (nSPS) is 12.0. The first-order valence-electron chi connectivity index (χ1n) is 7.52. The van der Waals surface area contributed by atoms with Crippen LogP contribution in [0.25, 0.3) is 0 Å². The molecular formula is C15H26FIN4O2S. The molecule has 1 aromatic rings. The number of rotatable bonds is 8. The number of hydrogen-bond donors (Lipinski definition) is 2. The van der Waals surface area contributed by atoms with Crippen molar-refractivity contribution in [3.63, 3.8) is 0 Å². The fourth-order valence-corrected chi connectivity index (χ4v) is 2.76. The highest BCUT2D eigenvalue weighted by molar-refractivity contribution is 14.0. The summed E-state index contributed by atoms with van der Waals surface area (Å²) in [5, 5.41) is 6.10.